The number of nitrogens with two attached hydrogens (primary N) is 1. The Bertz CT molecular complexity index is 481. The lowest BCUT2D eigenvalue weighted by molar-refractivity contribution is 0.0269. The van der Waals surface area contributed by atoms with Gasteiger partial charge in [-0.2, -0.15) is 0 Å². The van der Waals surface area contributed by atoms with E-state index in [4.69, 9.17) is 5.73 Å². The molecular weight excluding hydrogens is 256 g/mol. The molecule has 0 atom stereocenters. The van der Waals surface area contributed by atoms with Crippen LogP contribution in [0.3, 0.4) is 0 Å². The Morgan fingerprint density at radius 2 is 1.48 bits per heavy atom. The van der Waals surface area contributed by atoms with Gasteiger partial charge in [-0.25, -0.2) is 0 Å². The maximum atomic E-state index is 6.28. The van der Waals surface area contributed by atoms with Gasteiger partial charge in [-0.15, -0.1) is 0 Å². The number of rotatable bonds is 2. The van der Waals surface area contributed by atoms with Gasteiger partial charge >= 0.3 is 0 Å². The molecule has 1 saturated carbocycles. The highest BCUT2D eigenvalue weighted by atomic mass is 15.2. The quantitative estimate of drug-likeness (QED) is 0.904. The number of likely N-dealkylation sites (tertiary alicyclic amines) is 1. The van der Waals surface area contributed by atoms with Crippen molar-refractivity contribution in [2.75, 3.05) is 19.6 Å². The average molecular weight is 284 g/mol. The third-order valence-corrected chi connectivity index (χ3v) is 6.70. The van der Waals surface area contributed by atoms with Gasteiger partial charge < -0.3 is 5.73 Å². The standard InChI is InChI=1S/C19H28N2/c20-15-19(13-16-5-1-2-6-17(16)14-19)21-11-9-18(10-12-21)7-3-4-8-18/h1-2,5-6H,3-4,7-15,20H2. The lowest BCUT2D eigenvalue weighted by Crippen LogP contribution is -2.58. The summed E-state index contributed by atoms with van der Waals surface area (Å²) in [6.07, 6.45) is 11.0. The summed E-state index contributed by atoms with van der Waals surface area (Å²) in [4.78, 5) is 2.75. The summed E-state index contributed by atoms with van der Waals surface area (Å²) >= 11 is 0. The number of benzene rings is 1. The molecule has 0 aromatic heterocycles. The van der Waals surface area contributed by atoms with Crippen LogP contribution < -0.4 is 5.73 Å². The van der Waals surface area contributed by atoms with Crippen LogP contribution in [0.1, 0.15) is 49.7 Å². The van der Waals surface area contributed by atoms with Crippen molar-refractivity contribution in [3.05, 3.63) is 35.4 Å². The van der Waals surface area contributed by atoms with Crippen molar-refractivity contribution in [1.82, 2.24) is 4.90 Å². The van der Waals surface area contributed by atoms with Crippen LogP contribution in [0.15, 0.2) is 24.3 Å². The van der Waals surface area contributed by atoms with Crippen LogP contribution in [-0.4, -0.2) is 30.1 Å². The molecule has 21 heavy (non-hydrogen) atoms. The van der Waals surface area contributed by atoms with Crippen LogP contribution in [0, 0.1) is 5.41 Å². The fourth-order valence-corrected chi connectivity index (χ4v) is 5.25. The van der Waals surface area contributed by atoms with Crippen molar-refractivity contribution in [2.24, 2.45) is 11.1 Å². The molecule has 1 heterocycles. The van der Waals surface area contributed by atoms with Crippen LogP contribution in [-0.2, 0) is 12.8 Å². The van der Waals surface area contributed by atoms with Gasteiger partial charge in [0.25, 0.3) is 0 Å². The Labute approximate surface area is 128 Å². The number of hydrogen-bond donors (Lipinski definition) is 1. The Balaban J connectivity index is 1.51. The van der Waals surface area contributed by atoms with Crippen molar-refractivity contribution in [1.29, 1.82) is 0 Å². The first-order valence-corrected chi connectivity index (χ1v) is 8.77. The molecule has 2 heteroatoms. The summed E-state index contributed by atoms with van der Waals surface area (Å²) in [6, 6.07) is 8.95. The van der Waals surface area contributed by atoms with Crippen molar-refractivity contribution in [3.8, 4) is 0 Å². The van der Waals surface area contributed by atoms with E-state index in [1.165, 1.54) is 62.7 Å². The lowest BCUT2D eigenvalue weighted by Gasteiger charge is -2.48. The normalized spacial score (nSPS) is 27.1. The van der Waals surface area contributed by atoms with E-state index in [0.717, 1.165) is 19.4 Å². The minimum atomic E-state index is 0.212. The number of fused-ring (bicyclic) bond motifs is 1. The fraction of sp³-hybridized carbons (Fsp3) is 0.684. The van der Waals surface area contributed by atoms with Crippen molar-refractivity contribution >= 4 is 0 Å². The van der Waals surface area contributed by atoms with Gasteiger partial charge in [0.15, 0.2) is 0 Å². The molecule has 0 bridgehead atoms. The summed E-state index contributed by atoms with van der Waals surface area (Å²) in [5.41, 5.74) is 10.3. The number of nitrogens with zero attached hydrogens (tertiary/aromatic N) is 1. The lowest BCUT2D eigenvalue weighted by atomic mass is 9.75. The molecule has 2 aliphatic carbocycles. The van der Waals surface area contributed by atoms with Crippen LogP contribution in [0.5, 0.6) is 0 Å². The zero-order chi connectivity index (χ0) is 14.3. The van der Waals surface area contributed by atoms with E-state index in [0.29, 0.717) is 5.41 Å². The molecule has 3 aliphatic rings. The van der Waals surface area contributed by atoms with Gasteiger partial charge in [-0.3, -0.25) is 4.90 Å². The topological polar surface area (TPSA) is 29.3 Å². The molecule has 1 aromatic rings. The van der Waals surface area contributed by atoms with E-state index < -0.39 is 0 Å². The number of piperidine rings is 1. The predicted octanol–water partition coefficient (Wildman–Crippen LogP) is 3.14. The van der Waals surface area contributed by atoms with Gasteiger partial charge in [-0.05, 0) is 68.2 Å². The van der Waals surface area contributed by atoms with Crippen LogP contribution in [0.2, 0.25) is 0 Å². The second kappa shape index (κ2) is 5.10. The first kappa shape index (κ1) is 13.8. The highest BCUT2D eigenvalue weighted by Gasteiger charge is 2.45. The third-order valence-electron chi connectivity index (χ3n) is 6.70. The van der Waals surface area contributed by atoms with Gasteiger partial charge in [0.05, 0.1) is 0 Å². The van der Waals surface area contributed by atoms with Crippen molar-refractivity contribution < 1.29 is 0 Å². The Kier molecular flexibility index (Phi) is 3.35. The van der Waals surface area contributed by atoms with Gasteiger partial charge in [0, 0.05) is 12.1 Å². The molecule has 1 aromatic carbocycles. The monoisotopic (exact) mass is 284 g/mol. The molecule has 2 fully saturated rings. The van der Waals surface area contributed by atoms with E-state index in [9.17, 15) is 0 Å². The summed E-state index contributed by atoms with van der Waals surface area (Å²) in [6.45, 7) is 3.34. The molecule has 114 valence electrons. The summed E-state index contributed by atoms with van der Waals surface area (Å²) in [5.74, 6) is 0. The molecule has 0 unspecified atom stereocenters. The Morgan fingerprint density at radius 3 is 2.00 bits per heavy atom. The van der Waals surface area contributed by atoms with Crippen LogP contribution in [0.25, 0.3) is 0 Å². The second-order valence-electron chi connectivity index (χ2n) is 7.74. The predicted molar refractivity (Wildman–Crippen MR) is 87.3 cm³/mol. The Hall–Kier alpha value is -0.860. The third kappa shape index (κ3) is 2.24. The average Bonchev–Trinajstić information content (AvgIpc) is 3.13. The fourth-order valence-electron chi connectivity index (χ4n) is 5.25. The molecule has 0 amide bonds. The highest BCUT2D eigenvalue weighted by Crippen LogP contribution is 2.48. The maximum absolute atomic E-state index is 6.28. The largest absolute Gasteiger partial charge is 0.329 e. The van der Waals surface area contributed by atoms with E-state index in [1.807, 2.05) is 0 Å². The van der Waals surface area contributed by atoms with E-state index in [-0.39, 0.29) is 5.54 Å². The van der Waals surface area contributed by atoms with Gasteiger partial charge in [0.1, 0.15) is 0 Å². The smallest absolute Gasteiger partial charge is 0.0412 e. The summed E-state index contributed by atoms with van der Waals surface area (Å²) in [7, 11) is 0. The zero-order valence-corrected chi connectivity index (χ0v) is 13.1. The molecule has 2 N–H and O–H groups in total. The van der Waals surface area contributed by atoms with Crippen LogP contribution >= 0.6 is 0 Å². The minimum Gasteiger partial charge on any atom is -0.329 e. The van der Waals surface area contributed by atoms with Crippen molar-refractivity contribution in [3.63, 3.8) is 0 Å². The highest BCUT2D eigenvalue weighted by molar-refractivity contribution is 5.36. The summed E-state index contributed by atoms with van der Waals surface area (Å²) < 4.78 is 0. The molecular formula is C19H28N2. The molecule has 4 rings (SSSR count). The molecule has 2 nitrogen and oxygen atoms in total. The van der Waals surface area contributed by atoms with E-state index >= 15 is 0 Å². The molecule has 1 spiro atoms. The minimum absolute atomic E-state index is 0.212. The molecule has 1 saturated heterocycles. The van der Waals surface area contributed by atoms with Gasteiger partial charge in [-0.1, -0.05) is 37.1 Å². The van der Waals surface area contributed by atoms with Gasteiger partial charge in [0.2, 0.25) is 0 Å². The molecule has 0 radical (unpaired) electrons. The first-order chi connectivity index (χ1) is 10.3. The maximum Gasteiger partial charge on any atom is 0.0412 e. The second-order valence-corrected chi connectivity index (χ2v) is 7.74. The van der Waals surface area contributed by atoms with Crippen molar-refractivity contribution in [2.45, 2.75) is 56.9 Å². The first-order valence-electron chi connectivity index (χ1n) is 8.77. The Morgan fingerprint density at radius 1 is 0.905 bits per heavy atom. The molecule has 1 aliphatic heterocycles. The SMILES string of the molecule is NCC1(N2CCC3(CCCC3)CC2)Cc2ccccc2C1. The van der Waals surface area contributed by atoms with E-state index in [1.54, 1.807) is 0 Å². The van der Waals surface area contributed by atoms with E-state index in [2.05, 4.69) is 29.2 Å². The zero-order valence-electron chi connectivity index (χ0n) is 13.1. The summed E-state index contributed by atoms with van der Waals surface area (Å²) in [5, 5.41) is 0. The number of hydrogen-bond acceptors (Lipinski definition) is 2. The van der Waals surface area contributed by atoms with Crippen LogP contribution in [0.4, 0.5) is 0 Å².